The van der Waals surface area contributed by atoms with Gasteiger partial charge < -0.3 is 4.74 Å². The maximum atomic E-state index is 11.7. The van der Waals surface area contributed by atoms with Gasteiger partial charge in [0.25, 0.3) is 5.78 Å². The second kappa shape index (κ2) is 5.88. The lowest BCUT2D eigenvalue weighted by atomic mass is 10.4. The van der Waals surface area contributed by atoms with Crippen LogP contribution in [0.5, 0.6) is 0 Å². The highest BCUT2D eigenvalue weighted by Gasteiger charge is 2.19. The topological polar surface area (TPSA) is 43.4 Å². The molecule has 6 heteroatoms. The van der Waals surface area contributed by atoms with Crippen molar-refractivity contribution < 1.29 is 23.1 Å². The van der Waals surface area contributed by atoms with E-state index >= 15 is 0 Å². The number of rotatable bonds is 5. The third-order valence-electron chi connectivity index (χ3n) is 0.967. The number of ketones is 1. The fraction of sp³-hybridized carbons (Fsp3) is 0.667. The van der Waals surface area contributed by atoms with E-state index in [1.807, 2.05) is 0 Å². The van der Waals surface area contributed by atoms with Gasteiger partial charge in [0.2, 0.25) is 0 Å². The fourth-order valence-electron chi connectivity index (χ4n) is 0.376. The number of carbonyl (C=O) groups is 2. The van der Waals surface area contributed by atoms with Gasteiger partial charge in [0.05, 0.1) is 5.88 Å². The van der Waals surface area contributed by atoms with Gasteiger partial charge >= 0.3 is 5.97 Å². The van der Waals surface area contributed by atoms with Gasteiger partial charge in [-0.25, -0.2) is 13.6 Å². The second-order valence-electron chi connectivity index (χ2n) is 1.89. The van der Waals surface area contributed by atoms with Gasteiger partial charge in [0.1, 0.15) is 13.3 Å². The molecule has 0 heterocycles. The van der Waals surface area contributed by atoms with Crippen LogP contribution in [0.4, 0.5) is 8.78 Å². The highest BCUT2D eigenvalue weighted by molar-refractivity contribution is 6.45. The minimum Gasteiger partial charge on any atom is -0.451 e. The molecule has 0 unspecified atom stereocenters. The van der Waals surface area contributed by atoms with E-state index < -0.39 is 37.1 Å². The molecule has 0 spiro atoms. The molecule has 0 amide bonds. The number of Topliss-reactive ketones (excluding diaryl/α,β-unsaturated/α-hetero) is 1. The quantitative estimate of drug-likeness (QED) is 0.372. The molecule has 3 nitrogen and oxygen atoms in total. The minimum absolute atomic E-state index is 0.551. The van der Waals surface area contributed by atoms with E-state index in [4.69, 9.17) is 11.6 Å². The molecule has 0 aliphatic rings. The summed E-state index contributed by atoms with van der Waals surface area (Å²) in [6.07, 6.45) is -1.50. The predicted molar refractivity (Wildman–Crippen MR) is 37.6 cm³/mol. The van der Waals surface area contributed by atoms with Crippen molar-refractivity contribution in [1.82, 2.24) is 0 Å². The Hall–Kier alpha value is -0.710. The first kappa shape index (κ1) is 11.3. The average molecular weight is 201 g/mol. The Labute approximate surface area is 72.6 Å². The van der Waals surface area contributed by atoms with Gasteiger partial charge in [0.15, 0.2) is 6.10 Å². The third-order valence-corrected chi connectivity index (χ3v) is 1.21. The fourth-order valence-corrected chi connectivity index (χ4v) is 0.485. The lowest BCUT2D eigenvalue weighted by Gasteiger charge is -2.08. The highest BCUT2D eigenvalue weighted by atomic mass is 35.5. The van der Waals surface area contributed by atoms with Crippen molar-refractivity contribution in [3.63, 3.8) is 0 Å². The maximum Gasteiger partial charge on any atom is 0.376 e. The van der Waals surface area contributed by atoms with E-state index in [1.165, 1.54) is 0 Å². The van der Waals surface area contributed by atoms with Gasteiger partial charge in [-0.05, 0) is 0 Å². The molecular formula is C6H7ClF2O3. The third kappa shape index (κ3) is 3.61. The lowest BCUT2D eigenvalue weighted by Crippen LogP contribution is -2.27. The van der Waals surface area contributed by atoms with Crippen molar-refractivity contribution >= 4 is 23.4 Å². The Morgan fingerprint density at radius 1 is 1.33 bits per heavy atom. The first-order valence-electron chi connectivity index (χ1n) is 3.07. The molecule has 0 N–H and O–H groups in total. The summed E-state index contributed by atoms with van der Waals surface area (Å²) in [5, 5.41) is 0. The van der Waals surface area contributed by atoms with E-state index in [0.29, 0.717) is 0 Å². The summed E-state index contributed by atoms with van der Waals surface area (Å²) in [6.45, 7) is -2.31. The van der Waals surface area contributed by atoms with Crippen LogP contribution >= 0.6 is 11.6 Å². The second-order valence-corrected chi connectivity index (χ2v) is 2.16. The molecule has 0 bridgehead atoms. The molecule has 0 aromatic heterocycles. The van der Waals surface area contributed by atoms with Crippen molar-refractivity contribution in [2.75, 3.05) is 19.2 Å². The Bertz CT molecular complexity index is 170. The molecule has 0 aliphatic carbocycles. The minimum atomic E-state index is -1.50. The highest BCUT2D eigenvalue weighted by Crippen LogP contribution is 1.96. The number of alkyl halides is 3. The zero-order valence-corrected chi connectivity index (χ0v) is 6.81. The summed E-state index contributed by atoms with van der Waals surface area (Å²) < 4.78 is 27.5. The molecule has 0 atom stereocenters. The zero-order chi connectivity index (χ0) is 9.56. The van der Waals surface area contributed by atoms with Gasteiger partial charge in [-0.1, -0.05) is 0 Å². The van der Waals surface area contributed by atoms with E-state index in [-0.39, 0.29) is 0 Å². The van der Waals surface area contributed by atoms with Gasteiger partial charge in [-0.2, -0.15) is 0 Å². The Morgan fingerprint density at radius 3 is 2.17 bits per heavy atom. The first-order valence-corrected chi connectivity index (χ1v) is 3.60. The van der Waals surface area contributed by atoms with Crippen LogP contribution in [0, 0.1) is 0 Å². The van der Waals surface area contributed by atoms with E-state index in [9.17, 15) is 18.4 Å². The normalized spacial score (nSPS) is 10.0. The maximum absolute atomic E-state index is 11.7. The molecule has 0 rings (SSSR count). The van der Waals surface area contributed by atoms with Crippen molar-refractivity contribution in [2.45, 2.75) is 6.10 Å². The molecule has 0 aromatic rings. The van der Waals surface area contributed by atoms with Crippen molar-refractivity contribution in [1.29, 1.82) is 0 Å². The molecule has 70 valence electrons. The van der Waals surface area contributed by atoms with E-state index in [2.05, 4.69) is 4.74 Å². The monoisotopic (exact) mass is 200 g/mol. The van der Waals surface area contributed by atoms with Gasteiger partial charge in [-0.3, -0.25) is 4.79 Å². The standard InChI is InChI=1S/C6H7ClF2O3/c7-1-5(10)6(11)12-4(2-8)3-9/h4H,1-3H2. The van der Waals surface area contributed by atoms with Crippen molar-refractivity contribution in [2.24, 2.45) is 0 Å². The van der Waals surface area contributed by atoms with Crippen molar-refractivity contribution in [3.05, 3.63) is 0 Å². The Morgan fingerprint density at radius 2 is 1.83 bits per heavy atom. The number of ether oxygens (including phenoxy) is 1. The van der Waals surface area contributed by atoms with Crippen LogP contribution in [0.2, 0.25) is 0 Å². The van der Waals surface area contributed by atoms with Crippen molar-refractivity contribution in [3.8, 4) is 0 Å². The van der Waals surface area contributed by atoms with E-state index in [0.717, 1.165) is 0 Å². The molecule has 0 aliphatic heterocycles. The Kier molecular flexibility index (Phi) is 5.53. The summed E-state index contributed by atoms with van der Waals surface area (Å²) in [6, 6.07) is 0. The van der Waals surface area contributed by atoms with Crippen LogP contribution in [0.15, 0.2) is 0 Å². The molecule has 0 fully saturated rings. The summed E-state index contributed by atoms with van der Waals surface area (Å²) in [5.41, 5.74) is 0. The molecular weight excluding hydrogens is 194 g/mol. The Balaban J connectivity index is 3.89. The smallest absolute Gasteiger partial charge is 0.376 e. The van der Waals surface area contributed by atoms with Crippen LogP contribution in [0.1, 0.15) is 0 Å². The van der Waals surface area contributed by atoms with E-state index in [1.54, 1.807) is 0 Å². The number of esters is 1. The van der Waals surface area contributed by atoms with Gasteiger partial charge in [-0.15, -0.1) is 11.6 Å². The summed E-state index contributed by atoms with van der Waals surface area (Å²) in [5.74, 6) is -2.86. The molecule has 0 saturated heterocycles. The molecule has 12 heavy (non-hydrogen) atoms. The number of halogens is 3. The summed E-state index contributed by atoms with van der Waals surface area (Å²) in [4.78, 5) is 20.9. The number of hydrogen-bond donors (Lipinski definition) is 0. The SMILES string of the molecule is O=C(CCl)C(=O)OC(CF)CF. The molecule has 0 saturated carbocycles. The van der Waals surface area contributed by atoms with Crippen LogP contribution in [-0.2, 0) is 14.3 Å². The van der Waals surface area contributed by atoms with Crippen LogP contribution in [0.25, 0.3) is 0 Å². The number of carbonyl (C=O) groups excluding carboxylic acids is 2. The summed E-state index contributed by atoms with van der Waals surface area (Å²) >= 11 is 4.98. The van der Waals surface area contributed by atoms with Crippen LogP contribution in [0.3, 0.4) is 0 Å². The predicted octanol–water partition coefficient (Wildman–Crippen LogP) is 0.645. The van der Waals surface area contributed by atoms with Crippen LogP contribution < -0.4 is 0 Å². The lowest BCUT2D eigenvalue weighted by molar-refractivity contribution is -0.158. The summed E-state index contributed by atoms with van der Waals surface area (Å²) in [7, 11) is 0. The number of hydrogen-bond acceptors (Lipinski definition) is 3. The zero-order valence-electron chi connectivity index (χ0n) is 6.06. The molecule has 0 radical (unpaired) electrons. The average Bonchev–Trinajstić information content (AvgIpc) is 2.12. The first-order chi connectivity index (χ1) is 5.65. The largest absolute Gasteiger partial charge is 0.451 e. The van der Waals surface area contributed by atoms with Gasteiger partial charge in [0, 0.05) is 0 Å². The van der Waals surface area contributed by atoms with Crippen LogP contribution in [-0.4, -0.2) is 37.1 Å². The molecule has 0 aromatic carbocycles.